The molecule has 4 heteroatoms. The van der Waals surface area contributed by atoms with Crippen LogP contribution >= 0.6 is 0 Å². The van der Waals surface area contributed by atoms with E-state index in [0.29, 0.717) is 12.6 Å². The third-order valence-corrected chi connectivity index (χ3v) is 2.74. The van der Waals surface area contributed by atoms with Crippen molar-refractivity contribution in [2.45, 2.75) is 46.7 Å². The van der Waals surface area contributed by atoms with Gasteiger partial charge in [0.05, 0.1) is 12.2 Å². The molecule has 0 fully saturated rings. The number of aliphatic hydroxyl groups excluding tert-OH is 1. The van der Waals surface area contributed by atoms with Crippen LogP contribution in [0.25, 0.3) is 0 Å². The summed E-state index contributed by atoms with van der Waals surface area (Å²) in [5.41, 5.74) is 0.959. The van der Waals surface area contributed by atoms with Gasteiger partial charge in [-0.3, -0.25) is 4.90 Å². The first-order valence-electron chi connectivity index (χ1n) is 5.82. The van der Waals surface area contributed by atoms with Gasteiger partial charge >= 0.3 is 0 Å². The molecule has 0 atom stereocenters. The van der Waals surface area contributed by atoms with Crippen molar-refractivity contribution in [2.24, 2.45) is 0 Å². The van der Waals surface area contributed by atoms with Gasteiger partial charge < -0.3 is 9.52 Å². The minimum absolute atomic E-state index is 0.229. The number of hydrogen-bond acceptors (Lipinski definition) is 4. The van der Waals surface area contributed by atoms with E-state index in [2.05, 4.69) is 23.7 Å². The predicted octanol–water partition coefficient (Wildman–Crippen LogP) is 1.88. The molecule has 0 radical (unpaired) electrons. The Bertz CT molecular complexity index is 301. The molecule has 0 aliphatic carbocycles. The summed E-state index contributed by atoms with van der Waals surface area (Å²) in [5.74, 6) is 1.66. The van der Waals surface area contributed by atoms with E-state index in [1.807, 2.05) is 13.8 Å². The van der Waals surface area contributed by atoms with Gasteiger partial charge in [0.1, 0.15) is 5.76 Å². The van der Waals surface area contributed by atoms with Crippen LogP contribution in [0.2, 0.25) is 0 Å². The number of aryl methyl sites for hydroxylation is 2. The minimum atomic E-state index is 0.229. The number of aliphatic hydroxyl groups is 1. The van der Waals surface area contributed by atoms with E-state index in [0.717, 1.165) is 30.3 Å². The fraction of sp³-hybridized carbons (Fsp3) is 0.750. The van der Waals surface area contributed by atoms with Gasteiger partial charge in [-0.25, -0.2) is 4.98 Å². The first-order valence-corrected chi connectivity index (χ1v) is 5.82. The summed E-state index contributed by atoms with van der Waals surface area (Å²) in [6.07, 6.45) is 0.789. The number of aromatic nitrogens is 1. The molecule has 1 aromatic heterocycles. The van der Waals surface area contributed by atoms with Crippen LogP contribution in [0.4, 0.5) is 0 Å². The molecule has 4 nitrogen and oxygen atoms in total. The highest BCUT2D eigenvalue weighted by Crippen LogP contribution is 2.12. The molecule has 0 saturated carbocycles. The van der Waals surface area contributed by atoms with Crippen LogP contribution < -0.4 is 0 Å². The average molecular weight is 226 g/mol. The second-order valence-electron chi connectivity index (χ2n) is 4.39. The molecule has 0 aliphatic rings. The Labute approximate surface area is 97.3 Å². The van der Waals surface area contributed by atoms with E-state index in [1.54, 1.807) is 0 Å². The lowest BCUT2D eigenvalue weighted by molar-refractivity contribution is 0.170. The molecule has 0 spiro atoms. The van der Waals surface area contributed by atoms with Crippen molar-refractivity contribution in [3.63, 3.8) is 0 Å². The van der Waals surface area contributed by atoms with E-state index in [1.165, 1.54) is 0 Å². The number of nitrogens with zero attached hydrogens (tertiary/aromatic N) is 2. The van der Waals surface area contributed by atoms with Crippen LogP contribution in [-0.4, -0.2) is 34.2 Å². The highest BCUT2D eigenvalue weighted by molar-refractivity contribution is 5.05. The molecule has 0 bridgehead atoms. The predicted molar refractivity (Wildman–Crippen MR) is 63.2 cm³/mol. The summed E-state index contributed by atoms with van der Waals surface area (Å²) in [7, 11) is 0. The Morgan fingerprint density at radius 1 is 1.38 bits per heavy atom. The Morgan fingerprint density at radius 3 is 2.50 bits per heavy atom. The summed E-state index contributed by atoms with van der Waals surface area (Å²) >= 11 is 0. The standard InChI is InChI=1S/C12H22N2O2/c1-9(2)14(6-5-7-15)8-12-13-10(3)11(4)16-12/h9,15H,5-8H2,1-4H3. The lowest BCUT2D eigenvalue weighted by atomic mass is 10.3. The third kappa shape index (κ3) is 3.61. The van der Waals surface area contributed by atoms with E-state index in [4.69, 9.17) is 9.52 Å². The van der Waals surface area contributed by atoms with Crippen LogP contribution in [0.1, 0.15) is 37.6 Å². The van der Waals surface area contributed by atoms with Gasteiger partial charge in [0.15, 0.2) is 0 Å². The van der Waals surface area contributed by atoms with Gasteiger partial charge in [-0.05, 0) is 34.1 Å². The summed E-state index contributed by atoms with van der Waals surface area (Å²) in [4.78, 5) is 6.62. The molecular formula is C12H22N2O2. The molecule has 1 rings (SSSR count). The lowest BCUT2D eigenvalue weighted by Crippen LogP contribution is -2.31. The number of rotatable bonds is 6. The largest absolute Gasteiger partial charge is 0.444 e. The molecule has 0 aromatic carbocycles. The van der Waals surface area contributed by atoms with E-state index in [-0.39, 0.29) is 6.61 Å². The molecule has 16 heavy (non-hydrogen) atoms. The zero-order chi connectivity index (χ0) is 12.1. The van der Waals surface area contributed by atoms with E-state index in [9.17, 15) is 0 Å². The number of oxazole rings is 1. The zero-order valence-corrected chi connectivity index (χ0v) is 10.7. The lowest BCUT2D eigenvalue weighted by Gasteiger charge is -2.24. The van der Waals surface area contributed by atoms with Crippen molar-refractivity contribution >= 4 is 0 Å². The van der Waals surface area contributed by atoms with Crippen molar-refractivity contribution in [3.05, 3.63) is 17.3 Å². The molecule has 92 valence electrons. The van der Waals surface area contributed by atoms with Crippen LogP contribution in [0, 0.1) is 13.8 Å². The average Bonchev–Trinajstić information content (AvgIpc) is 2.52. The van der Waals surface area contributed by atoms with Crippen LogP contribution in [-0.2, 0) is 6.54 Å². The molecule has 1 N–H and O–H groups in total. The molecule has 0 aliphatic heterocycles. The highest BCUT2D eigenvalue weighted by Gasteiger charge is 2.13. The van der Waals surface area contributed by atoms with Gasteiger partial charge in [0.2, 0.25) is 5.89 Å². The third-order valence-electron chi connectivity index (χ3n) is 2.74. The van der Waals surface area contributed by atoms with Crippen molar-refractivity contribution in [1.29, 1.82) is 0 Å². The highest BCUT2D eigenvalue weighted by atomic mass is 16.4. The quantitative estimate of drug-likeness (QED) is 0.804. The van der Waals surface area contributed by atoms with Gasteiger partial charge in [0.25, 0.3) is 0 Å². The Kier molecular flexibility index (Phi) is 4.96. The molecule has 1 aromatic rings. The van der Waals surface area contributed by atoms with Crippen LogP contribution in [0.15, 0.2) is 4.42 Å². The maximum Gasteiger partial charge on any atom is 0.208 e. The van der Waals surface area contributed by atoms with Crippen LogP contribution in [0.3, 0.4) is 0 Å². The fourth-order valence-corrected chi connectivity index (χ4v) is 1.57. The first-order chi connectivity index (χ1) is 7.54. The topological polar surface area (TPSA) is 49.5 Å². The van der Waals surface area contributed by atoms with Gasteiger partial charge in [-0.2, -0.15) is 0 Å². The van der Waals surface area contributed by atoms with E-state index >= 15 is 0 Å². The second-order valence-corrected chi connectivity index (χ2v) is 4.39. The summed E-state index contributed by atoms with van der Waals surface area (Å²) in [6.45, 7) is 9.98. The Hall–Kier alpha value is -0.870. The SMILES string of the molecule is Cc1nc(CN(CCCO)C(C)C)oc1C. The van der Waals surface area contributed by atoms with Crippen molar-refractivity contribution < 1.29 is 9.52 Å². The normalized spacial score (nSPS) is 11.7. The van der Waals surface area contributed by atoms with Crippen molar-refractivity contribution in [3.8, 4) is 0 Å². The Balaban J connectivity index is 2.60. The molecule has 0 saturated heterocycles. The van der Waals surface area contributed by atoms with Gasteiger partial charge in [-0.15, -0.1) is 0 Å². The molecular weight excluding hydrogens is 204 g/mol. The summed E-state index contributed by atoms with van der Waals surface area (Å²) in [5, 5.41) is 8.85. The molecule has 0 amide bonds. The fourth-order valence-electron chi connectivity index (χ4n) is 1.57. The minimum Gasteiger partial charge on any atom is -0.444 e. The monoisotopic (exact) mass is 226 g/mol. The van der Waals surface area contributed by atoms with Crippen LogP contribution in [0.5, 0.6) is 0 Å². The van der Waals surface area contributed by atoms with E-state index < -0.39 is 0 Å². The zero-order valence-electron chi connectivity index (χ0n) is 10.7. The van der Waals surface area contributed by atoms with Gasteiger partial charge in [0, 0.05) is 19.2 Å². The first kappa shape index (κ1) is 13.2. The van der Waals surface area contributed by atoms with Crippen molar-refractivity contribution in [1.82, 2.24) is 9.88 Å². The molecule has 0 unspecified atom stereocenters. The summed E-state index contributed by atoms with van der Waals surface area (Å²) in [6, 6.07) is 0.430. The van der Waals surface area contributed by atoms with Crippen molar-refractivity contribution in [2.75, 3.05) is 13.2 Å². The maximum atomic E-state index is 8.85. The molecule has 1 heterocycles. The Morgan fingerprint density at radius 2 is 2.06 bits per heavy atom. The second kappa shape index (κ2) is 6.01. The number of hydrogen-bond donors (Lipinski definition) is 1. The smallest absolute Gasteiger partial charge is 0.208 e. The maximum absolute atomic E-state index is 8.85. The summed E-state index contributed by atoms with van der Waals surface area (Å²) < 4.78 is 5.56. The van der Waals surface area contributed by atoms with Gasteiger partial charge in [-0.1, -0.05) is 0 Å².